The number of nitrogens with zero attached hydrogens (tertiary/aromatic N) is 4. The van der Waals surface area contributed by atoms with E-state index in [4.69, 9.17) is 17.5 Å². The first-order valence-electron chi connectivity index (χ1n) is 11.1. The minimum absolute atomic E-state index is 0.0751. The van der Waals surface area contributed by atoms with Gasteiger partial charge in [-0.15, -0.1) is 5.10 Å². The maximum absolute atomic E-state index is 12.4. The fourth-order valence-corrected chi connectivity index (χ4v) is 2.57. The predicted molar refractivity (Wildman–Crippen MR) is 97.0 cm³/mol. The van der Waals surface area contributed by atoms with E-state index in [0.29, 0.717) is 5.89 Å². The molecule has 1 aromatic carbocycles. The van der Waals surface area contributed by atoms with Crippen LogP contribution in [0.15, 0.2) is 35.0 Å². The molecule has 9 nitrogen and oxygen atoms in total. The highest BCUT2D eigenvalue weighted by Gasteiger charge is 2.30. The monoisotopic (exact) mass is 372 g/mol. The summed E-state index contributed by atoms with van der Waals surface area (Å²) < 4.78 is 54.9. The molecule has 1 aliphatic rings. The SMILES string of the molecule is [2H]C([2H])([2H])NC(=O)c1nnccc1Nc1cccc(-c2noc(C3CC3)n2)c1OC([2H])([2H])[2H]. The van der Waals surface area contributed by atoms with E-state index in [0.717, 1.165) is 12.8 Å². The second-order valence-corrected chi connectivity index (χ2v) is 5.89. The third-order valence-corrected chi connectivity index (χ3v) is 4.04. The molecule has 1 amide bonds. The summed E-state index contributed by atoms with van der Waals surface area (Å²) in [6.45, 7) is -2.74. The number of nitrogens with one attached hydrogen (secondary N) is 2. The van der Waals surface area contributed by atoms with Crippen LogP contribution in [-0.4, -0.2) is 40.3 Å². The highest BCUT2D eigenvalue weighted by atomic mass is 16.5. The van der Waals surface area contributed by atoms with Crippen molar-refractivity contribution >= 4 is 17.3 Å². The molecular formula is C18H18N6O3. The summed E-state index contributed by atoms with van der Waals surface area (Å²) in [5.41, 5.74) is 0.167. The normalized spacial score (nSPS) is 17.5. The van der Waals surface area contributed by atoms with Crippen molar-refractivity contribution in [1.29, 1.82) is 0 Å². The van der Waals surface area contributed by atoms with Crippen molar-refractivity contribution in [2.24, 2.45) is 0 Å². The number of benzene rings is 1. The number of carbonyl (C=O) groups is 1. The van der Waals surface area contributed by atoms with Gasteiger partial charge in [-0.25, -0.2) is 0 Å². The molecule has 1 aliphatic carbocycles. The van der Waals surface area contributed by atoms with E-state index in [-0.39, 0.29) is 40.1 Å². The van der Waals surface area contributed by atoms with Crippen LogP contribution in [0.1, 0.15) is 43.4 Å². The molecule has 27 heavy (non-hydrogen) atoms. The smallest absolute Gasteiger partial charge is 0.273 e. The van der Waals surface area contributed by atoms with Crippen molar-refractivity contribution in [2.75, 3.05) is 19.3 Å². The van der Waals surface area contributed by atoms with Gasteiger partial charge in [0, 0.05) is 17.0 Å². The van der Waals surface area contributed by atoms with Crippen LogP contribution in [0.4, 0.5) is 11.4 Å². The standard InChI is InChI=1S/C18H18N6O3/c1-19-17(25)14-12(8-9-20-23-14)21-13-5-3-4-11(15(13)26-2)16-22-18(27-24-16)10-6-7-10/h3-5,8-10H,6-7H2,1-2H3,(H,19,25)(H,20,21)/i1D3,2D3. The number of anilines is 2. The van der Waals surface area contributed by atoms with Gasteiger partial charge in [-0.2, -0.15) is 10.1 Å². The number of rotatable bonds is 6. The van der Waals surface area contributed by atoms with E-state index in [1.54, 1.807) is 12.1 Å². The quantitative estimate of drug-likeness (QED) is 0.678. The minimum atomic E-state index is -2.81. The molecule has 3 aromatic rings. The second-order valence-electron chi connectivity index (χ2n) is 5.89. The van der Waals surface area contributed by atoms with Crippen LogP contribution < -0.4 is 15.4 Å². The van der Waals surface area contributed by atoms with Gasteiger partial charge in [0.2, 0.25) is 11.7 Å². The highest BCUT2D eigenvalue weighted by Crippen LogP contribution is 2.41. The fourth-order valence-electron chi connectivity index (χ4n) is 2.57. The molecule has 9 heteroatoms. The van der Waals surface area contributed by atoms with Gasteiger partial charge in [0.15, 0.2) is 11.4 Å². The molecule has 4 rings (SSSR count). The number of aromatic nitrogens is 4. The fraction of sp³-hybridized carbons (Fsp3) is 0.278. The van der Waals surface area contributed by atoms with Gasteiger partial charge in [0.1, 0.15) is 0 Å². The Balaban J connectivity index is 1.73. The van der Waals surface area contributed by atoms with E-state index in [9.17, 15) is 4.79 Å². The third kappa shape index (κ3) is 3.31. The van der Waals surface area contributed by atoms with Crippen LogP contribution in [0.5, 0.6) is 5.75 Å². The van der Waals surface area contributed by atoms with Crippen molar-refractivity contribution in [3.05, 3.63) is 42.0 Å². The van der Waals surface area contributed by atoms with Crippen LogP contribution in [0, 0.1) is 0 Å². The summed E-state index contributed by atoms with van der Waals surface area (Å²) in [7, 11) is -2.81. The molecule has 0 spiro atoms. The molecule has 0 atom stereocenters. The Labute approximate surface area is 163 Å². The van der Waals surface area contributed by atoms with Crippen molar-refractivity contribution in [2.45, 2.75) is 18.8 Å². The van der Waals surface area contributed by atoms with Crippen molar-refractivity contribution in [3.63, 3.8) is 0 Å². The number of carbonyl (C=O) groups excluding carboxylic acids is 1. The van der Waals surface area contributed by atoms with E-state index in [1.165, 1.54) is 18.3 Å². The Hall–Kier alpha value is -3.49. The number of hydrogen-bond acceptors (Lipinski definition) is 8. The lowest BCUT2D eigenvalue weighted by Gasteiger charge is -2.14. The molecule has 0 radical (unpaired) electrons. The average Bonchev–Trinajstić information content (AvgIpc) is 3.44. The lowest BCUT2D eigenvalue weighted by Crippen LogP contribution is -2.21. The Bertz CT molecular complexity index is 1170. The molecule has 0 bridgehead atoms. The number of methoxy groups -OCH3 is 1. The summed E-state index contributed by atoms with van der Waals surface area (Å²) >= 11 is 0. The maximum atomic E-state index is 12.4. The first kappa shape index (κ1) is 11.3. The van der Waals surface area contributed by atoms with Crippen molar-refractivity contribution in [1.82, 2.24) is 25.7 Å². The highest BCUT2D eigenvalue weighted by molar-refractivity contribution is 5.98. The zero-order valence-corrected chi connectivity index (χ0v) is 13.9. The summed E-state index contributed by atoms with van der Waals surface area (Å²) in [6.07, 6.45) is 3.17. The van der Waals surface area contributed by atoms with Crippen LogP contribution in [0.3, 0.4) is 0 Å². The van der Waals surface area contributed by atoms with Gasteiger partial charge < -0.3 is 19.9 Å². The van der Waals surface area contributed by atoms with Gasteiger partial charge in [-0.3, -0.25) is 4.79 Å². The first-order chi connectivity index (χ1) is 15.5. The Morgan fingerprint density at radius 2 is 2.26 bits per heavy atom. The molecule has 0 aliphatic heterocycles. The maximum Gasteiger partial charge on any atom is 0.273 e. The number of ether oxygens (including phenoxy) is 1. The largest absolute Gasteiger partial charge is 0.494 e. The van der Waals surface area contributed by atoms with Crippen molar-refractivity contribution in [3.8, 4) is 17.1 Å². The number of amides is 1. The van der Waals surface area contributed by atoms with Gasteiger partial charge in [0.25, 0.3) is 5.91 Å². The van der Waals surface area contributed by atoms with Crippen LogP contribution in [0.25, 0.3) is 11.4 Å². The molecule has 1 saturated carbocycles. The molecule has 138 valence electrons. The second kappa shape index (κ2) is 7.02. The Morgan fingerprint density at radius 1 is 1.33 bits per heavy atom. The summed E-state index contributed by atoms with van der Waals surface area (Å²) in [4.78, 5) is 16.7. The molecule has 2 N–H and O–H groups in total. The predicted octanol–water partition coefficient (Wildman–Crippen LogP) is 2.52. The zero-order valence-electron chi connectivity index (χ0n) is 19.9. The summed E-state index contributed by atoms with van der Waals surface area (Å²) in [5, 5.41) is 16.0. The molecule has 2 heterocycles. The van der Waals surface area contributed by atoms with E-state index >= 15 is 0 Å². The molecule has 0 unspecified atom stereocenters. The van der Waals surface area contributed by atoms with E-state index in [1.807, 2.05) is 5.32 Å². The van der Waals surface area contributed by atoms with E-state index < -0.39 is 19.9 Å². The Kier molecular flexibility index (Phi) is 2.93. The van der Waals surface area contributed by atoms with Crippen molar-refractivity contribution < 1.29 is 22.3 Å². The summed E-state index contributed by atoms with van der Waals surface area (Å²) in [5.74, 6) is -0.299. The minimum Gasteiger partial charge on any atom is -0.494 e. The average molecular weight is 372 g/mol. The van der Waals surface area contributed by atoms with Gasteiger partial charge in [-0.1, -0.05) is 11.2 Å². The zero-order chi connectivity index (χ0) is 23.8. The number of para-hydroxylation sites is 1. The van der Waals surface area contributed by atoms with Gasteiger partial charge in [0.05, 0.1) is 34.3 Å². The third-order valence-electron chi connectivity index (χ3n) is 4.04. The molecule has 2 aromatic heterocycles. The lowest BCUT2D eigenvalue weighted by atomic mass is 10.1. The van der Waals surface area contributed by atoms with Crippen LogP contribution >= 0.6 is 0 Å². The van der Waals surface area contributed by atoms with E-state index in [2.05, 4.69) is 25.7 Å². The topological polar surface area (TPSA) is 115 Å². The molecule has 1 fully saturated rings. The molecule has 0 saturated heterocycles. The first-order valence-corrected chi connectivity index (χ1v) is 8.07. The lowest BCUT2D eigenvalue weighted by molar-refractivity contribution is 0.0958. The van der Waals surface area contributed by atoms with Crippen LogP contribution in [0.2, 0.25) is 0 Å². The van der Waals surface area contributed by atoms with Gasteiger partial charge in [-0.05, 0) is 31.0 Å². The van der Waals surface area contributed by atoms with Crippen LogP contribution in [-0.2, 0) is 0 Å². The Morgan fingerprint density at radius 3 is 3.07 bits per heavy atom. The number of hydrogen-bond donors (Lipinski definition) is 2. The molecular weight excluding hydrogens is 348 g/mol. The summed E-state index contributed by atoms with van der Waals surface area (Å²) in [6, 6.07) is 6.07. The van der Waals surface area contributed by atoms with Gasteiger partial charge >= 0.3 is 0 Å².